The zero-order valence-corrected chi connectivity index (χ0v) is 17.4. The maximum Gasteiger partial charge on any atom is 0.737 e. The number of halogens is 7. The predicted octanol–water partition coefficient (Wildman–Crippen LogP) is 5.85. The molecule has 2 aromatic rings. The molecule has 0 fully saturated rings. The van der Waals surface area contributed by atoms with E-state index in [1.165, 1.54) is 39.8 Å². The van der Waals surface area contributed by atoms with Crippen LogP contribution in [0, 0.1) is 37.1 Å². The summed E-state index contributed by atoms with van der Waals surface area (Å²) in [6, 6.07) is 1.45. The van der Waals surface area contributed by atoms with Crippen LogP contribution in [0.2, 0.25) is 0 Å². The van der Waals surface area contributed by atoms with Crippen molar-refractivity contribution in [3.05, 3.63) is 73.7 Å². The van der Waals surface area contributed by atoms with Gasteiger partial charge in [-0.25, -0.2) is 17.6 Å². The predicted molar refractivity (Wildman–Crippen MR) is 102 cm³/mol. The van der Waals surface area contributed by atoms with Crippen molar-refractivity contribution in [2.45, 2.75) is 27.7 Å². The van der Waals surface area contributed by atoms with Crippen molar-refractivity contribution < 1.29 is 30.7 Å². The Morgan fingerprint density at radius 3 is 2.03 bits per heavy atom. The van der Waals surface area contributed by atoms with Gasteiger partial charge in [0, 0.05) is 24.3 Å². The molecular formula is C19H14BBrF6N2. The molecule has 0 radical (unpaired) electrons. The molecule has 0 bridgehead atoms. The van der Waals surface area contributed by atoms with Crippen LogP contribution in [0.25, 0.3) is 5.57 Å². The first-order valence-electron chi connectivity index (χ1n) is 8.70. The van der Waals surface area contributed by atoms with Gasteiger partial charge in [-0.1, -0.05) is 0 Å². The van der Waals surface area contributed by atoms with Gasteiger partial charge in [0.2, 0.25) is 0 Å². The molecular weight excluding hydrogens is 461 g/mol. The average molecular weight is 475 g/mol. The fourth-order valence-corrected chi connectivity index (χ4v) is 4.71. The topological polar surface area (TPSA) is 7.94 Å². The fourth-order valence-electron chi connectivity index (χ4n) is 4.36. The van der Waals surface area contributed by atoms with Gasteiger partial charge in [-0.3, -0.25) is 0 Å². The van der Waals surface area contributed by atoms with Crippen molar-refractivity contribution in [2.24, 2.45) is 0 Å². The van der Waals surface area contributed by atoms with Gasteiger partial charge in [0.05, 0.1) is 15.6 Å². The van der Waals surface area contributed by atoms with Crippen LogP contribution in [0.1, 0.15) is 36.4 Å². The lowest BCUT2D eigenvalue weighted by Crippen LogP contribution is -2.51. The first kappa shape index (κ1) is 20.1. The summed E-state index contributed by atoms with van der Waals surface area (Å²) in [5, 5.41) is 0. The molecule has 2 nitrogen and oxygen atoms in total. The highest BCUT2D eigenvalue weighted by atomic mass is 79.9. The maximum absolute atomic E-state index is 15.5. The highest BCUT2D eigenvalue weighted by Crippen LogP contribution is 2.46. The van der Waals surface area contributed by atoms with Crippen LogP contribution in [-0.4, -0.2) is 21.6 Å². The summed E-state index contributed by atoms with van der Waals surface area (Å²) in [5.74, 6) is -6.57. The third-order valence-corrected chi connectivity index (χ3v) is 6.09. The number of aromatic nitrogens is 1. The van der Waals surface area contributed by atoms with E-state index >= 15 is 8.63 Å². The number of hydrogen-bond acceptors (Lipinski definition) is 0. The molecule has 3 heterocycles. The number of fused-ring (bicyclic) bond motifs is 2. The molecule has 0 saturated carbocycles. The summed E-state index contributed by atoms with van der Waals surface area (Å²) >= 11 is 2.49. The minimum Gasteiger partial charge on any atom is -0.393 e. The number of rotatable bonds is 1. The van der Waals surface area contributed by atoms with Gasteiger partial charge in [-0.05, 0) is 54.0 Å². The lowest BCUT2D eigenvalue weighted by atomic mass is 9.83. The van der Waals surface area contributed by atoms with E-state index in [9.17, 15) is 17.6 Å². The highest BCUT2D eigenvalue weighted by molar-refractivity contribution is 9.10. The third-order valence-electron chi connectivity index (χ3n) is 5.39. The summed E-state index contributed by atoms with van der Waals surface area (Å²) in [4.78, 5) is 0. The summed E-state index contributed by atoms with van der Waals surface area (Å²) in [6.07, 6.45) is 1.45. The zero-order chi connectivity index (χ0) is 21.6. The normalized spacial score (nSPS) is 17.7. The molecule has 4 rings (SSSR count). The molecule has 0 aliphatic carbocycles. The number of benzene rings is 1. The van der Waals surface area contributed by atoms with Crippen molar-refractivity contribution >= 4 is 34.2 Å². The Labute approximate surface area is 171 Å². The Bertz CT molecular complexity index is 1190. The monoisotopic (exact) mass is 474 g/mol. The zero-order valence-electron chi connectivity index (χ0n) is 15.8. The van der Waals surface area contributed by atoms with E-state index in [1.54, 1.807) is 0 Å². The Hall–Kier alpha value is -2.23. The smallest absolute Gasteiger partial charge is 0.393 e. The van der Waals surface area contributed by atoms with Gasteiger partial charge in [-0.2, -0.15) is 0 Å². The van der Waals surface area contributed by atoms with Crippen LogP contribution < -0.4 is 0 Å². The summed E-state index contributed by atoms with van der Waals surface area (Å²) in [5.41, 5.74) is -0.711. The van der Waals surface area contributed by atoms with Gasteiger partial charge in [-0.15, -0.1) is 0 Å². The van der Waals surface area contributed by atoms with Crippen LogP contribution in [0.4, 0.5) is 26.2 Å². The second-order valence-electron chi connectivity index (χ2n) is 7.28. The summed E-state index contributed by atoms with van der Waals surface area (Å²) < 4.78 is 89.8. The van der Waals surface area contributed by atoms with Crippen molar-refractivity contribution in [3.63, 3.8) is 0 Å². The number of hydrogen-bond donors (Lipinski definition) is 0. The fraction of sp³-hybridized carbons (Fsp3) is 0.211. The Morgan fingerprint density at radius 2 is 1.48 bits per heavy atom. The van der Waals surface area contributed by atoms with Crippen LogP contribution >= 0.6 is 15.9 Å². The maximum atomic E-state index is 15.5. The molecule has 10 heteroatoms. The lowest BCUT2D eigenvalue weighted by Gasteiger charge is -2.34. The Kier molecular flexibility index (Phi) is 4.25. The van der Waals surface area contributed by atoms with Crippen LogP contribution in [0.15, 0.2) is 27.9 Å². The second kappa shape index (κ2) is 6.14. The Balaban J connectivity index is 2.27. The van der Waals surface area contributed by atoms with E-state index in [2.05, 4.69) is 15.9 Å². The van der Waals surface area contributed by atoms with Crippen LogP contribution in [0.3, 0.4) is 0 Å². The number of allylic oxidation sites excluding steroid dienone is 2. The molecule has 0 spiro atoms. The van der Waals surface area contributed by atoms with Crippen molar-refractivity contribution in [3.8, 4) is 0 Å². The van der Waals surface area contributed by atoms with Crippen LogP contribution in [0.5, 0.6) is 0 Å². The molecule has 2 aliphatic rings. The molecule has 152 valence electrons. The first-order valence-corrected chi connectivity index (χ1v) is 9.49. The lowest BCUT2D eigenvalue weighted by molar-refractivity contribution is -0.363. The average Bonchev–Trinajstić information content (AvgIpc) is 3.10. The van der Waals surface area contributed by atoms with Gasteiger partial charge in [0.15, 0.2) is 29.0 Å². The second-order valence-corrected chi connectivity index (χ2v) is 8.08. The minimum atomic E-state index is -4.38. The molecule has 0 unspecified atom stereocenters. The van der Waals surface area contributed by atoms with Gasteiger partial charge in [0.1, 0.15) is 5.71 Å². The number of nitrogens with zero attached hydrogens (tertiary/aromatic N) is 2. The summed E-state index contributed by atoms with van der Waals surface area (Å²) in [7, 11) is 0. The molecule has 0 atom stereocenters. The van der Waals surface area contributed by atoms with E-state index in [-0.39, 0.29) is 28.4 Å². The Morgan fingerprint density at radius 1 is 0.931 bits per heavy atom. The van der Waals surface area contributed by atoms with Gasteiger partial charge < -0.3 is 17.6 Å². The number of aryl methyl sites for hydroxylation is 2. The standard InChI is InChI=1S/C19H14BBrF6N2/c1-7-5-9(3)28-18(7)12(11-14(22)16(24)13(21)17(25)15(11)23)19-8(2)6-10(4)29(19)20(28,26)27/h5-6H,1-4H3. The van der Waals surface area contributed by atoms with Crippen molar-refractivity contribution in [2.75, 3.05) is 0 Å². The first-order chi connectivity index (χ1) is 13.4. The van der Waals surface area contributed by atoms with E-state index in [0.717, 1.165) is 0 Å². The third kappa shape index (κ3) is 2.41. The van der Waals surface area contributed by atoms with Gasteiger partial charge >= 0.3 is 6.97 Å². The van der Waals surface area contributed by atoms with Crippen LogP contribution in [-0.2, 0) is 0 Å². The molecule has 0 amide bonds. The minimum absolute atomic E-state index is 0.162. The SMILES string of the molecule is CC1=CC(C)=[N+]2C1=C(c1c(F)c(F)c(Br)c(F)c1F)c1c(C)cc(C)n1[B-]2(F)F. The molecule has 0 saturated heterocycles. The quantitative estimate of drug-likeness (QED) is 0.212. The molecule has 1 aromatic carbocycles. The molecule has 2 aliphatic heterocycles. The molecule has 1 aromatic heterocycles. The van der Waals surface area contributed by atoms with Crippen molar-refractivity contribution in [1.82, 2.24) is 4.48 Å². The summed E-state index contributed by atoms with van der Waals surface area (Å²) in [6.45, 7) is 1.52. The van der Waals surface area contributed by atoms with E-state index < -0.39 is 40.3 Å². The molecule has 0 N–H and O–H groups in total. The van der Waals surface area contributed by atoms with E-state index in [4.69, 9.17) is 0 Å². The largest absolute Gasteiger partial charge is 0.737 e. The highest BCUT2D eigenvalue weighted by Gasteiger charge is 2.55. The molecule has 29 heavy (non-hydrogen) atoms. The van der Waals surface area contributed by atoms with E-state index in [1.807, 2.05) is 0 Å². The van der Waals surface area contributed by atoms with Crippen molar-refractivity contribution in [1.29, 1.82) is 0 Å². The van der Waals surface area contributed by atoms with Gasteiger partial charge in [0.25, 0.3) is 0 Å². The van der Waals surface area contributed by atoms with E-state index in [0.29, 0.717) is 20.1 Å².